The molecular formula is C45H27N3S2. The summed E-state index contributed by atoms with van der Waals surface area (Å²) in [5.41, 5.74) is 7.42. The van der Waals surface area contributed by atoms with Crippen LogP contribution >= 0.6 is 22.7 Å². The molecule has 0 amide bonds. The third-order valence-corrected chi connectivity index (χ3v) is 11.7. The number of rotatable bonds is 5. The first kappa shape index (κ1) is 29.0. The molecule has 50 heavy (non-hydrogen) atoms. The summed E-state index contributed by atoms with van der Waals surface area (Å²) in [6.45, 7) is 0. The molecule has 3 nitrogen and oxygen atoms in total. The second-order valence-electron chi connectivity index (χ2n) is 12.4. The van der Waals surface area contributed by atoms with Crippen LogP contribution in [0.4, 0.5) is 0 Å². The lowest BCUT2D eigenvalue weighted by molar-refractivity contribution is 1.07. The molecule has 0 aliphatic rings. The Morgan fingerprint density at radius 1 is 0.300 bits per heavy atom. The summed E-state index contributed by atoms with van der Waals surface area (Å²) >= 11 is 3.68. The Morgan fingerprint density at radius 2 is 0.840 bits per heavy atom. The monoisotopic (exact) mass is 673 g/mol. The summed E-state index contributed by atoms with van der Waals surface area (Å²) in [5.74, 6) is 1.95. The van der Waals surface area contributed by atoms with Gasteiger partial charge in [0.25, 0.3) is 0 Å². The molecule has 5 heteroatoms. The van der Waals surface area contributed by atoms with Crippen LogP contribution in [0.3, 0.4) is 0 Å². The van der Waals surface area contributed by atoms with Gasteiger partial charge < -0.3 is 0 Å². The molecule has 0 aliphatic carbocycles. The average Bonchev–Trinajstić information content (AvgIpc) is 3.76. The fraction of sp³-hybridized carbons (Fsp3) is 0. The van der Waals surface area contributed by atoms with Crippen molar-refractivity contribution in [3.63, 3.8) is 0 Å². The molecule has 0 unspecified atom stereocenters. The van der Waals surface area contributed by atoms with Crippen LogP contribution in [0.25, 0.3) is 96.8 Å². The Balaban J connectivity index is 1.25. The van der Waals surface area contributed by atoms with Gasteiger partial charge in [-0.05, 0) is 52.6 Å². The van der Waals surface area contributed by atoms with E-state index in [9.17, 15) is 0 Å². The van der Waals surface area contributed by atoms with E-state index in [2.05, 4.69) is 127 Å². The van der Waals surface area contributed by atoms with Crippen LogP contribution in [0.2, 0.25) is 0 Å². The maximum absolute atomic E-state index is 5.20. The van der Waals surface area contributed by atoms with Crippen LogP contribution in [-0.4, -0.2) is 15.0 Å². The molecule has 10 rings (SSSR count). The number of fused-ring (bicyclic) bond motifs is 6. The maximum Gasteiger partial charge on any atom is 0.164 e. The minimum absolute atomic E-state index is 0.647. The Labute approximate surface area is 296 Å². The fourth-order valence-corrected chi connectivity index (χ4v) is 9.27. The third-order valence-electron chi connectivity index (χ3n) is 9.36. The largest absolute Gasteiger partial charge is 0.208 e. The molecule has 0 saturated heterocycles. The zero-order valence-electron chi connectivity index (χ0n) is 26.7. The summed E-state index contributed by atoms with van der Waals surface area (Å²) in [7, 11) is 0. The highest BCUT2D eigenvalue weighted by Gasteiger charge is 2.19. The summed E-state index contributed by atoms with van der Waals surface area (Å²) in [5, 5.41) is 5.11. The van der Waals surface area contributed by atoms with Crippen LogP contribution in [0.1, 0.15) is 0 Å². The highest BCUT2D eigenvalue weighted by molar-refractivity contribution is 7.26. The van der Waals surface area contributed by atoms with Crippen molar-refractivity contribution < 1.29 is 0 Å². The molecule has 3 heterocycles. The summed E-state index contributed by atoms with van der Waals surface area (Å²) in [4.78, 5) is 15.4. The van der Waals surface area contributed by atoms with E-state index in [0.717, 1.165) is 33.4 Å². The first-order valence-corrected chi connectivity index (χ1v) is 18.2. The van der Waals surface area contributed by atoms with E-state index in [-0.39, 0.29) is 0 Å². The van der Waals surface area contributed by atoms with Gasteiger partial charge in [0.05, 0.1) is 0 Å². The lowest BCUT2D eigenvalue weighted by atomic mass is 9.93. The van der Waals surface area contributed by atoms with Crippen molar-refractivity contribution >= 4 is 63.0 Å². The van der Waals surface area contributed by atoms with Crippen LogP contribution < -0.4 is 0 Å². The molecule has 0 radical (unpaired) electrons. The van der Waals surface area contributed by atoms with Crippen LogP contribution in [0.15, 0.2) is 164 Å². The van der Waals surface area contributed by atoms with Gasteiger partial charge in [0.1, 0.15) is 0 Å². The van der Waals surface area contributed by atoms with E-state index >= 15 is 0 Å². The SMILES string of the molecule is c1ccc(-c2nc(-c3ccccc3)nc(-c3cc(-c4cccc5c4sc4ccccc45)ccc3-c3ccc4sc5ccccc5c4c3)n2)cc1. The van der Waals surface area contributed by atoms with Crippen molar-refractivity contribution in [2.24, 2.45) is 0 Å². The molecule has 7 aromatic carbocycles. The molecule has 0 N–H and O–H groups in total. The van der Waals surface area contributed by atoms with E-state index in [0.29, 0.717) is 17.5 Å². The lowest BCUT2D eigenvalue weighted by Gasteiger charge is -2.15. The van der Waals surface area contributed by atoms with E-state index in [4.69, 9.17) is 15.0 Å². The van der Waals surface area contributed by atoms with Gasteiger partial charge in [-0.3, -0.25) is 0 Å². The van der Waals surface area contributed by atoms with Crippen molar-refractivity contribution in [3.05, 3.63) is 164 Å². The van der Waals surface area contributed by atoms with Crippen molar-refractivity contribution in [2.45, 2.75) is 0 Å². The fourth-order valence-electron chi connectivity index (χ4n) is 6.95. The van der Waals surface area contributed by atoms with Crippen molar-refractivity contribution in [2.75, 3.05) is 0 Å². The smallest absolute Gasteiger partial charge is 0.164 e. The summed E-state index contributed by atoms with van der Waals surface area (Å²) < 4.78 is 5.15. The van der Waals surface area contributed by atoms with E-state index in [1.165, 1.54) is 45.9 Å². The first-order chi connectivity index (χ1) is 24.8. The summed E-state index contributed by atoms with van der Waals surface area (Å²) in [6, 6.07) is 58.0. The Kier molecular flexibility index (Phi) is 6.86. The Hall–Kier alpha value is -6.01. The highest BCUT2D eigenvalue weighted by atomic mass is 32.1. The molecule has 0 atom stereocenters. The zero-order chi connectivity index (χ0) is 33.0. The van der Waals surface area contributed by atoms with E-state index in [1.807, 2.05) is 59.1 Å². The molecule has 0 aliphatic heterocycles. The van der Waals surface area contributed by atoms with Gasteiger partial charge in [-0.25, -0.2) is 15.0 Å². The van der Waals surface area contributed by atoms with Gasteiger partial charge in [0.15, 0.2) is 17.5 Å². The molecule has 0 bridgehead atoms. The normalized spacial score (nSPS) is 11.6. The molecular weight excluding hydrogens is 647 g/mol. The topological polar surface area (TPSA) is 38.7 Å². The number of thiophene rings is 2. The number of aromatic nitrogens is 3. The minimum Gasteiger partial charge on any atom is -0.208 e. The van der Waals surface area contributed by atoms with Crippen LogP contribution in [-0.2, 0) is 0 Å². The van der Waals surface area contributed by atoms with E-state index in [1.54, 1.807) is 0 Å². The minimum atomic E-state index is 0.647. The zero-order valence-corrected chi connectivity index (χ0v) is 28.4. The van der Waals surface area contributed by atoms with Crippen molar-refractivity contribution in [1.82, 2.24) is 15.0 Å². The van der Waals surface area contributed by atoms with Crippen LogP contribution in [0.5, 0.6) is 0 Å². The molecule has 0 fully saturated rings. The molecule has 3 aromatic heterocycles. The van der Waals surface area contributed by atoms with Crippen LogP contribution in [0, 0.1) is 0 Å². The van der Waals surface area contributed by atoms with E-state index < -0.39 is 0 Å². The maximum atomic E-state index is 5.20. The van der Waals surface area contributed by atoms with Crippen molar-refractivity contribution in [3.8, 4) is 56.4 Å². The summed E-state index contributed by atoms with van der Waals surface area (Å²) in [6.07, 6.45) is 0. The second kappa shape index (κ2) is 11.8. The number of hydrogen-bond acceptors (Lipinski definition) is 5. The van der Waals surface area contributed by atoms with Gasteiger partial charge in [-0.1, -0.05) is 133 Å². The molecule has 10 aromatic rings. The Bertz CT molecular complexity index is 2810. The van der Waals surface area contributed by atoms with Gasteiger partial charge >= 0.3 is 0 Å². The molecule has 234 valence electrons. The predicted octanol–water partition coefficient (Wildman–Crippen LogP) is 12.9. The van der Waals surface area contributed by atoms with Crippen molar-refractivity contribution in [1.29, 1.82) is 0 Å². The number of nitrogens with zero attached hydrogens (tertiary/aromatic N) is 3. The van der Waals surface area contributed by atoms with Gasteiger partial charge in [-0.2, -0.15) is 0 Å². The predicted molar refractivity (Wildman–Crippen MR) is 213 cm³/mol. The van der Waals surface area contributed by atoms with Gasteiger partial charge in [0, 0.05) is 57.0 Å². The molecule has 0 saturated carbocycles. The number of benzene rings is 7. The standard InChI is InChI=1S/C45H27N3S2/c1-3-12-28(13-4-1)43-46-44(29-14-5-2-6-15-29)48-45(47-43)38-27-31(33-18-11-19-36-34-16-7-10-21-40(34)50-42(33)36)22-24-32(38)30-23-25-41-37(26-30)35-17-8-9-20-39(35)49-41/h1-27H. The third kappa shape index (κ3) is 4.90. The van der Waals surface area contributed by atoms with Gasteiger partial charge in [-0.15, -0.1) is 22.7 Å². The second-order valence-corrected chi connectivity index (χ2v) is 14.5. The quantitative estimate of drug-likeness (QED) is 0.182. The number of hydrogen-bond donors (Lipinski definition) is 0. The lowest BCUT2D eigenvalue weighted by Crippen LogP contribution is -2.01. The highest BCUT2D eigenvalue weighted by Crippen LogP contribution is 2.43. The molecule has 0 spiro atoms. The van der Waals surface area contributed by atoms with Gasteiger partial charge in [0.2, 0.25) is 0 Å². The first-order valence-electron chi connectivity index (χ1n) is 16.6. The average molecular weight is 674 g/mol. The Morgan fingerprint density at radius 3 is 1.56 bits per heavy atom.